The molecule has 5 heteroatoms. The van der Waals surface area contributed by atoms with Gasteiger partial charge in [-0.25, -0.2) is 0 Å². The summed E-state index contributed by atoms with van der Waals surface area (Å²) in [4.78, 5) is 18.7. The Labute approximate surface area is 152 Å². The molecular formula is C20H33N3O2. The summed E-state index contributed by atoms with van der Waals surface area (Å²) in [6.45, 7) is 11.2. The van der Waals surface area contributed by atoms with E-state index in [9.17, 15) is 9.90 Å². The summed E-state index contributed by atoms with van der Waals surface area (Å²) in [5.74, 6) is 0.218. The van der Waals surface area contributed by atoms with Crippen LogP contribution >= 0.6 is 0 Å². The van der Waals surface area contributed by atoms with E-state index in [1.54, 1.807) is 0 Å². The minimum Gasteiger partial charge on any atom is -0.390 e. The van der Waals surface area contributed by atoms with Gasteiger partial charge >= 0.3 is 0 Å². The van der Waals surface area contributed by atoms with Crippen molar-refractivity contribution < 1.29 is 9.90 Å². The predicted octanol–water partition coefficient (Wildman–Crippen LogP) is 1.67. The zero-order valence-electron chi connectivity index (χ0n) is 16.1. The second-order valence-electron chi connectivity index (χ2n) is 8.18. The van der Waals surface area contributed by atoms with Crippen LogP contribution in [0, 0.1) is 5.41 Å². The largest absolute Gasteiger partial charge is 0.390 e. The molecule has 0 aliphatic carbocycles. The van der Waals surface area contributed by atoms with Gasteiger partial charge in [0.05, 0.1) is 6.10 Å². The number of hydrogen-bond donors (Lipinski definition) is 1. The summed E-state index contributed by atoms with van der Waals surface area (Å²) in [5.41, 5.74) is 0.938. The van der Waals surface area contributed by atoms with Gasteiger partial charge in [-0.3, -0.25) is 14.6 Å². The Kier molecular flexibility index (Phi) is 6.99. The van der Waals surface area contributed by atoms with Gasteiger partial charge in [0.1, 0.15) is 0 Å². The van der Waals surface area contributed by atoms with Crippen molar-refractivity contribution in [2.24, 2.45) is 5.41 Å². The van der Waals surface area contributed by atoms with E-state index in [1.165, 1.54) is 5.56 Å². The lowest BCUT2D eigenvalue weighted by Gasteiger charge is -2.38. The van der Waals surface area contributed by atoms with Crippen molar-refractivity contribution in [1.82, 2.24) is 14.7 Å². The molecule has 1 heterocycles. The number of hydrogen-bond acceptors (Lipinski definition) is 4. The van der Waals surface area contributed by atoms with Crippen LogP contribution in [0.5, 0.6) is 0 Å². The quantitative estimate of drug-likeness (QED) is 0.850. The van der Waals surface area contributed by atoms with E-state index >= 15 is 0 Å². The molecule has 2 rings (SSSR count). The van der Waals surface area contributed by atoms with Crippen LogP contribution in [0.15, 0.2) is 30.3 Å². The maximum Gasteiger partial charge on any atom is 0.228 e. The minimum atomic E-state index is -0.376. The molecule has 1 unspecified atom stereocenters. The van der Waals surface area contributed by atoms with Gasteiger partial charge in [-0.15, -0.1) is 0 Å². The van der Waals surface area contributed by atoms with Gasteiger partial charge in [-0.1, -0.05) is 51.1 Å². The first-order valence-electron chi connectivity index (χ1n) is 9.18. The van der Waals surface area contributed by atoms with E-state index < -0.39 is 0 Å². The third-order valence-corrected chi connectivity index (χ3v) is 4.59. The number of benzene rings is 1. The van der Waals surface area contributed by atoms with Gasteiger partial charge in [-0.2, -0.15) is 0 Å². The van der Waals surface area contributed by atoms with E-state index in [0.717, 1.165) is 32.7 Å². The summed E-state index contributed by atoms with van der Waals surface area (Å²) >= 11 is 0. The SMILES string of the molecule is CN(Cc1ccccc1)CC(O)CN1CCN(C(=O)C(C)(C)C)CC1. The molecule has 1 saturated heterocycles. The molecule has 1 aromatic carbocycles. The van der Waals surface area contributed by atoms with Crippen molar-refractivity contribution >= 4 is 5.91 Å². The number of nitrogens with zero attached hydrogens (tertiary/aromatic N) is 3. The molecule has 0 saturated carbocycles. The van der Waals surface area contributed by atoms with Crippen molar-refractivity contribution in [3.63, 3.8) is 0 Å². The lowest BCUT2D eigenvalue weighted by Crippen LogP contribution is -2.53. The molecule has 0 bridgehead atoms. The highest BCUT2D eigenvalue weighted by Gasteiger charge is 2.30. The van der Waals surface area contributed by atoms with Crippen LogP contribution in [0.3, 0.4) is 0 Å². The monoisotopic (exact) mass is 347 g/mol. The zero-order chi connectivity index (χ0) is 18.4. The first-order valence-corrected chi connectivity index (χ1v) is 9.18. The van der Waals surface area contributed by atoms with Crippen LogP contribution in [0.1, 0.15) is 26.3 Å². The molecule has 1 amide bonds. The Morgan fingerprint density at radius 3 is 2.32 bits per heavy atom. The van der Waals surface area contributed by atoms with Crippen molar-refractivity contribution in [2.45, 2.75) is 33.4 Å². The van der Waals surface area contributed by atoms with Gasteiger partial charge in [0.2, 0.25) is 5.91 Å². The number of aliphatic hydroxyl groups is 1. The summed E-state index contributed by atoms with van der Waals surface area (Å²) < 4.78 is 0. The van der Waals surface area contributed by atoms with Crippen LogP contribution in [-0.4, -0.2) is 78.1 Å². The van der Waals surface area contributed by atoms with E-state index in [2.05, 4.69) is 21.9 Å². The van der Waals surface area contributed by atoms with Crippen molar-refractivity contribution in [3.8, 4) is 0 Å². The smallest absolute Gasteiger partial charge is 0.228 e. The second kappa shape index (κ2) is 8.79. The molecular weight excluding hydrogens is 314 g/mol. The fourth-order valence-electron chi connectivity index (χ4n) is 3.28. The average molecular weight is 348 g/mol. The topological polar surface area (TPSA) is 47.0 Å². The van der Waals surface area contributed by atoms with Crippen LogP contribution in [0.4, 0.5) is 0 Å². The highest BCUT2D eigenvalue weighted by atomic mass is 16.3. The molecule has 1 aromatic rings. The standard InChI is InChI=1S/C20H33N3O2/c1-20(2,3)19(25)23-12-10-22(11-13-23)16-18(24)15-21(4)14-17-8-6-5-7-9-17/h5-9,18,24H,10-16H2,1-4H3. The van der Waals surface area contributed by atoms with Crippen LogP contribution in [0.25, 0.3) is 0 Å². The fourth-order valence-corrected chi connectivity index (χ4v) is 3.28. The number of rotatable bonds is 6. The van der Waals surface area contributed by atoms with Crippen molar-refractivity contribution in [3.05, 3.63) is 35.9 Å². The zero-order valence-corrected chi connectivity index (χ0v) is 16.1. The first-order chi connectivity index (χ1) is 11.8. The third-order valence-electron chi connectivity index (χ3n) is 4.59. The van der Waals surface area contributed by atoms with Gasteiger partial charge in [0.15, 0.2) is 0 Å². The molecule has 1 N–H and O–H groups in total. The number of aliphatic hydroxyl groups excluding tert-OH is 1. The normalized spacial score (nSPS) is 17.8. The number of carbonyl (C=O) groups is 1. The Morgan fingerprint density at radius 1 is 1.16 bits per heavy atom. The maximum atomic E-state index is 12.3. The molecule has 1 fully saturated rings. The summed E-state index contributed by atoms with van der Waals surface area (Å²) in [6, 6.07) is 10.3. The van der Waals surface area contributed by atoms with E-state index in [1.807, 2.05) is 50.9 Å². The number of likely N-dealkylation sites (N-methyl/N-ethyl adjacent to an activating group) is 1. The number of carbonyl (C=O) groups excluding carboxylic acids is 1. The maximum absolute atomic E-state index is 12.3. The molecule has 5 nitrogen and oxygen atoms in total. The molecule has 1 atom stereocenters. The Bertz CT molecular complexity index is 534. The summed E-state index contributed by atoms with van der Waals surface area (Å²) in [5, 5.41) is 10.4. The van der Waals surface area contributed by atoms with Gasteiger partial charge in [0, 0.05) is 51.2 Å². The van der Waals surface area contributed by atoms with Gasteiger partial charge in [0.25, 0.3) is 0 Å². The molecule has 25 heavy (non-hydrogen) atoms. The fraction of sp³-hybridized carbons (Fsp3) is 0.650. The van der Waals surface area contributed by atoms with E-state index in [-0.39, 0.29) is 17.4 Å². The number of β-amino-alcohol motifs (C(OH)–C–C–N with tert-alkyl or cyclic N) is 1. The van der Waals surface area contributed by atoms with Crippen LogP contribution in [0.2, 0.25) is 0 Å². The summed E-state index contributed by atoms with van der Waals surface area (Å²) in [6.07, 6.45) is -0.376. The first kappa shape index (κ1) is 19.9. The van der Waals surface area contributed by atoms with E-state index in [0.29, 0.717) is 13.1 Å². The van der Waals surface area contributed by atoms with Gasteiger partial charge < -0.3 is 10.0 Å². The van der Waals surface area contributed by atoms with Crippen LogP contribution < -0.4 is 0 Å². The second-order valence-corrected chi connectivity index (χ2v) is 8.18. The number of amides is 1. The summed E-state index contributed by atoms with van der Waals surface area (Å²) in [7, 11) is 2.04. The lowest BCUT2D eigenvalue weighted by atomic mass is 9.94. The van der Waals surface area contributed by atoms with Crippen molar-refractivity contribution in [2.75, 3.05) is 46.3 Å². The molecule has 1 aliphatic rings. The molecule has 0 aromatic heterocycles. The van der Waals surface area contributed by atoms with Crippen LogP contribution in [-0.2, 0) is 11.3 Å². The predicted molar refractivity (Wildman–Crippen MR) is 101 cm³/mol. The van der Waals surface area contributed by atoms with Crippen molar-refractivity contribution in [1.29, 1.82) is 0 Å². The Morgan fingerprint density at radius 2 is 1.76 bits per heavy atom. The average Bonchev–Trinajstić information content (AvgIpc) is 2.54. The lowest BCUT2D eigenvalue weighted by molar-refractivity contribution is -0.141. The third kappa shape index (κ3) is 6.42. The minimum absolute atomic E-state index is 0.218. The highest BCUT2D eigenvalue weighted by molar-refractivity contribution is 5.81. The molecule has 0 spiro atoms. The number of piperazine rings is 1. The molecule has 1 aliphatic heterocycles. The van der Waals surface area contributed by atoms with E-state index in [4.69, 9.17) is 0 Å². The molecule has 0 radical (unpaired) electrons. The Hall–Kier alpha value is -1.43. The van der Waals surface area contributed by atoms with Gasteiger partial charge in [-0.05, 0) is 12.6 Å². The highest BCUT2D eigenvalue weighted by Crippen LogP contribution is 2.18. The Balaban J connectivity index is 1.71. The molecule has 140 valence electrons.